The maximum Gasteiger partial charge on any atom is 0.419 e. The molecule has 0 radical (unpaired) electrons. The van der Waals surface area contributed by atoms with Crippen molar-refractivity contribution < 1.29 is 27.5 Å². The number of carbonyl (C=O) groups is 1. The lowest BCUT2D eigenvalue weighted by atomic mass is 9.95. The monoisotopic (exact) mass is 319 g/mol. The number of halogens is 4. The number of aliphatic carboxylic acids is 1. The van der Waals surface area contributed by atoms with E-state index in [-0.39, 0.29) is 12.6 Å². The van der Waals surface area contributed by atoms with Gasteiger partial charge >= 0.3 is 12.1 Å². The van der Waals surface area contributed by atoms with E-state index in [9.17, 15) is 22.4 Å². The third-order valence-electron chi connectivity index (χ3n) is 3.90. The minimum Gasteiger partial charge on any atom is -0.480 e. The molecule has 7 heteroatoms. The second kappa shape index (κ2) is 6.64. The normalized spacial score (nSPS) is 20.1. The molecule has 1 aromatic rings. The van der Waals surface area contributed by atoms with Crippen LogP contribution in [0.2, 0.25) is 0 Å². The Kier molecular flexibility index (Phi) is 5.05. The van der Waals surface area contributed by atoms with Crippen LogP contribution >= 0.6 is 0 Å². The molecule has 0 spiro atoms. The molecule has 1 fully saturated rings. The van der Waals surface area contributed by atoms with E-state index in [0.717, 1.165) is 31.4 Å². The van der Waals surface area contributed by atoms with Gasteiger partial charge in [0.05, 0.1) is 12.1 Å². The maximum absolute atomic E-state index is 13.6. The van der Waals surface area contributed by atoms with E-state index in [1.165, 1.54) is 6.07 Å². The predicted octanol–water partition coefficient (Wildman–Crippen LogP) is 3.33. The van der Waals surface area contributed by atoms with Gasteiger partial charge in [0.2, 0.25) is 0 Å². The van der Waals surface area contributed by atoms with E-state index >= 15 is 0 Å². The van der Waals surface area contributed by atoms with Gasteiger partial charge in [0, 0.05) is 6.04 Å². The molecule has 0 bridgehead atoms. The molecule has 22 heavy (non-hydrogen) atoms. The Hall–Kier alpha value is -1.63. The third kappa shape index (κ3) is 4.19. The number of carboxylic acids is 1. The zero-order valence-electron chi connectivity index (χ0n) is 11.9. The first kappa shape index (κ1) is 16.7. The van der Waals surface area contributed by atoms with E-state index < -0.39 is 23.5 Å². The second-order valence-electron chi connectivity index (χ2n) is 5.53. The fourth-order valence-electron chi connectivity index (χ4n) is 2.86. The molecule has 2 rings (SSSR count). The van der Waals surface area contributed by atoms with Gasteiger partial charge in [-0.05, 0) is 43.5 Å². The molecular formula is C15H17F4NO2. The topological polar surface area (TPSA) is 40.5 Å². The lowest BCUT2D eigenvalue weighted by Gasteiger charge is -2.34. The summed E-state index contributed by atoms with van der Waals surface area (Å²) in [5.74, 6) is -2.23. The molecule has 1 aliphatic heterocycles. The van der Waals surface area contributed by atoms with Gasteiger partial charge < -0.3 is 5.11 Å². The van der Waals surface area contributed by atoms with Gasteiger partial charge in [0.15, 0.2) is 0 Å². The van der Waals surface area contributed by atoms with Crippen LogP contribution in [-0.4, -0.2) is 35.1 Å². The van der Waals surface area contributed by atoms with Gasteiger partial charge in [0.1, 0.15) is 5.82 Å². The molecule has 0 amide bonds. The lowest BCUT2D eigenvalue weighted by molar-refractivity contribution is -0.140. The molecular weight excluding hydrogens is 302 g/mol. The number of carboxylic acid groups (broad SMARTS) is 1. The standard InChI is InChI=1S/C15H17F4NO2/c16-13-8-10(4-5-12(13)15(17,18)19)7-11-3-1-2-6-20(11)9-14(21)22/h4-5,8,11H,1-3,6-7,9H2,(H,21,22). The van der Waals surface area contributed by atoms with Crippen LogP contribution in [0.5, 0.6) is 0 Å². The molecule has 0 aliphatic carbocycles. The molecule has 1 atom stereocenters. The van der Waals surface area contributed by atoms with Gasteiger partial charge in [-0.25, -0.2) is 4.39 Å². The number of rotatable bonds is 4. The summed E-state index contributed by atoms with van der Waals surface area (Å²) in [6, 6.07) is 2.83. The Balaban J connectivity index is 2.12. The summed E-state index contributed by atoms with van der Waals surface area (Å²) in [6.45, 7) is 0.536. The number of alkyl halides is 3. The molecule has 1 aliphatic rings. The summed E-state index contributed by atoms with van der Waals surface area (Å²) in [4.78, 5) is 12.6. The fourth-order valence-corrected chi connectivity index (χ4v) is 2.86. The van der Waals surface area contributed by atoms with Crippen molar-refractivity contribution in [1.82, 2.24) is 4.90 Å². The highest BCUT2D eigenvalue weighted by atomic mass is 19.4. The molecule has 122 valence electrons. The van der Waals surface area contributed by atoms with E-state index in [0.29, 0.717) is 18.5 Å². The smallest absolute Gasteiger partial charge is 0.419 e. The first-order chi connectivity index (χ1) is 10.3. The second-order valence-corrected chi connectivity index (χ2v) is 5.53. The van der Waals surface area contributed by atoms with Crippen molar-refractivity contribution in [2.45, 2.75) is 37.9 Å². The first-order valence-corrected chi connectivity index (χ1v) is 7.09. The van der Waals surface area contributed by atoms with Crippen LogP contribution in [0.25, 0.3) is 0 Å². The molecule has 3 nitrogen and oxygen atoms in total. The summed E-state index contributed by atoms with van der Waals surface area (Å²) in [7, 11) is 0. The van der Waals surface area contributed by atoms with Crippen molar-refractivity contribution in [2.75, 3.05) is 13.1 Å². The van der Waals surface area contributed by atoms with E-state index in [1.807, 2.05) is 0 Å². The fraction of sp³-hybridized carbons (Fsp3) is 0.533. The molecule has 1 heterocycles. The number of hydrogen-bond donors (Lipinski definition) is 1. The van der Waals surface area contributed by atoms with Crippen LogP contribution in [0.1, 0.15) is 30.4 Å². The average Bonchev–Trinajstić information content (AvgIpc) is 2.39. The summed E-state index contributed by atoms with van der Waals surface area (Å²) >= 11 is 0. The maximum atomic E-state index is 13.6. The van der Waals surface area contributed by atoms with E-state index in [4.69, 9.17) is 5.11 Å². The van der Waals surface area contributed by atoms with Crippen molar-refractivity contribution in [1.29, 1.82) is 0 Å². The van der Waals surface area contributed by atoms with Gasteiger partial charge in [-0.1, -0.05) is 12.5 Å². The van der Waals surface area contributed by atoms with Crippen molar-refractivity contribution in [3.05, 3.63) is 35.1 Å². The first-order valence-electron chi connectivity index (χ1n) is 7.09. The van der Waals surface area contributed by atoms with E-state index in [2.05, 4.69) is 0 Å². The quantitative estimate of drug-likeness (QED) is 0.866. The van der Waals surface area contributed by atoms with Crippen molar-refractivity contribution >= 4 is 5.97 Å². The van der Waals surface area contributed by atoms with Crippen LogP contribution in [0, 0.1) is 5.82 Å². The predicted molar refractivity (Wildman–Crippen MR) is 72.0 cm³/mol. The number of nitrogens with zero attached hydrogens (tertiary/aromatic N) is 1. The molecule has 1 saturated heterocycles. The molecule has 1 unspecified atom stereocenters. The van der Waals surface area contributed by atoms with Gasteiger partial charge in [0.25, 0.3) is 0 Å². The highest BCUT2D eigenvalue weighted by Crippen LogP contribution is 2.32. The largest absolute Gasteiger partial charge is 0.480 e. The molecule has 0 saturated carbocycles. The van der Waals surface area contributed by atoms with Gasteiger partial charge in [-0.15, -0.1) is 0 Å². The Morgan fingerprint density at radius 1 is 1.32 bits per heavy atom. The highest BCUT2D eigenvalue weighted by molar-refractivity contribution is 5.69. The van der Waals surface area contributed by atoms with Crippen LogP contribution in [-0.2, 0) is 17.4 Å². The average molecular weight is 319 g/mol. The Morgan fingerprint density at radius 3 is 2.64 bits per heavy atom. The third-order valence-corrected chi connectivity index (χ3v) is 3.90. The van der Waals surface area contributed by atoms with Crippen LogP contribution in [0.3, 0.4) is 0 Å². The minimum absolute atomic E-state index is 0.0824. The number of likely N-dealkylation sites (tertiary alicyclic amines) is 1. The molecule has 1 N–H and O–H groups in total. The Bertz CT molecular complexity index is 545. The molecule has 1 aromatic carbocycles. The van der Waals surface area contributed by atoms with Gasteiger partial charge in [-0.2, -0.15) is 13.2 Å². The molecule has 0 aromatic heterocycles. The van der Waals surface area contributed by atoms with Crippen LogP contribution in [0.4, 0.5) is 17.6 Å². The number of piperidine rings is 1. The van der Waals surface area contributed by atoms with Crippen molar-refractivity contribution in [3.63, 3.8) is 0 Å². The number of hydrogen-bond acceptors (Lipinski definition) is 2. The van der Waals surface area contributed by atoms with Crippen LogP contribution in [0.15, 0.2) is 18.2 Å². The summed E-state index contributed by atoms with van der Waals surface area (Å²) in [5.41, 5.74) is -0.824. The Labute approximate surface area is 125 Å². The summed E-state index contributed by atoms with van der Waals surface area (Å²) in [5, 5.41) is 8.89. The Morgan fingerprint density at radius 2 is 2.05 bits per heavy atom. The minimum atomic E-state index is -4.71. The zero-order chi connectivity index (χ0) is 16.3. The summed E-state index contributed by atoms with van der Waals surface area (Å²) in [6.07, 6.45) is -1.77. The van der Waals surface area contributed by atoms with Crippen molar-refractivity contribution in [3.8, 4) is 0 Å². The highest BCUT2D eigenvalue weighted by Gasteiger charge is 2.34. The van der Waals surface area contributed by atoms with Gasteiger partial charge in [-0.3, -0.25) is 9.69 Å². The SMILES string of the molecule is O=C(O)CN1CCCCC1Cc1ccc(C(F)(F)F)c(F)c1. The number of benzene rings is 1. The zero-order valence-corrected chi connectivity index (χ0v) is 11.9. The van der Waals surface area contributed by atoms with Crippen LogP contribution < -0.4 is 0 Å². The summed E-state index contributed by atoms with van der Waals surface area (Å²) < 4.78 is 51.2. The lowest BCUT2D eigenvalue weighted by Crippen LogP contribution is -2.43. The van der Waals surface area contributed by atoms with Crippen molar-refractivity contribution in [2.24, 2.45) is 0 Å². The van der Waals surface area contributed by atoms with E-state index in [1.54, 1.807) is 4.90 Å².